The molecule has 0 aliphatic heterocycles. The minimum absolute atomic E-state index is 0.0352. The molecule has 100 heavy (non-hydrogen) atoms. The number of aromatic nitrogens is 4. The van der Waals surface area contributed by atoms with Gasteiger partial charge in [0.2, 0.25) is 5.91 Å². The van der Waals surface area contributed by atoms with Crippen molar-refractivity contribution >= 4 is 35.4 Å². The Kier molecular flexibility index (Phi) is 28.9. The van der Waals surface area contributed by atoms with Crippen molar-refractivity contribution in [1.29, 1.82) is 0 Å². The second-order valence-electron chi connectivity index (χ2n) is 28.5. The second kappa shape index (κ2) is 37.3. The van der Waals surface area contributed by atoms with Crippen molar-refractivity contribution in [2.24, 2.45) is 0 Å². The minimum Gasteiger partial charge on any atom is -0.494 e. The molecule has 0 aliphatic carbocycles. The number of carbonyl (C=O) groups is 6. The van der Waals surface area contributed by atoms with Gasteiger partial charge >= 0.3 is 11.9 Å². The van der Waals surface area contributed by atoms with Crippen LogP contribution in [0, 0.1) is 0 Å². The summed E-state index contributed by atoms with van der Waals surface area (Å²) in [5.74, 6) is -0.776. The van der Waals surface area contributed by atoms with E-state index in [9.17, 15) is 33.9 Å². The zero-order valence-corrected chi connectivity index (χ0v) is 60.4. The number of carbonyl (C=O) groups excluding carboxylic acids is 5. The summed E-state index contributed by atoms with van der Waals surface area (Å²) in [5.41, 5.74) is 8.92. The standard InChI is InChI=1S/C46H58N4O6.C37H43N3O4/c1-9-10-11-12-13-26-55-38-24-20-33(21-25-38)36-29-47-41(48-30-36)34-16-14-32(15-17-34)28-39(49-42(52)35-18-22-37(23-19-35)45(3,4)5)43(53)50-40(27-31(2)51)44(54)56-46(6,7)8;1-5-6-7-8-9-22-44-32-20-16-27(17-21-32)30-24-38-34(39-25-30)28-12-10-26(11-13-28)23-33(36(42)43)40-35(41)29-14-18-31(19-15-29)37(2,3)4/h14-25,29-30,39-40H,9-13,26-28H2,1-8H3,(H,49,52)(H,50,53);10-21,24-25,33H,5-9,22-23H2,1-4H3,(H,40,41)(H,42,43)/t39-,40-;33-/m00/s1. The van der Waals surface area contributed by atoms with Crippen molar-refractivity contribution in [1.82, 2.24) is 35.9 Å². The number of unbranched alkanes of at least 4 members (excludes halogenated alkanes) is 8. The fraction of sp³-hybridized carbons (Fsp3) is 0.398. The highest BCUT2D eigenvalue weighted by atomic mass is 16.6. The van der Waals surface area contributed by atoms with Gasteiger partial charge in [0, 0.05) is 77.4 Å². The number of ether oxygens (including phenoxy) is 3. The zero-order chi connectivity index (χ0) is 72.4. The molecule has 0 radical (unpaired) electrons. The van der Waals surface area contributed by atoms with Crippen LogP contribution in [-0.4, -0.2) is 97.4 Å². The Morgan fingerprint density at radius 2 is 0.780 bits per heavy atom. The fourth-order valence-corrected chi connectivity index (χ4v) is 10.8. The maximum atomic E-state index is 13.8. The van der Waals surface area contributed by atoms with Crippen LogP contribution in [0.15, 0.2) is 170 Å². The minimum atomic E-state index is -1.22. The monoisotopic (exact) mass is 1360 g/mol. The Hall–Kier alpha value is -9.90. The van der Waals surface area contributed by atoms with E-state index in [1.54, 1.807) is 69.8 Å². The van der Waals surface area contributed by atoms with Crippen LogP contribution in [0.1, 0.15) is 197 Å². The van der Waals surface area contributed by atoms with Gasteiger partial charge < -0.3 is 35.3 Å². The number of hydrogen-bond acceptors (Lipinski definition) is 13. The van der Waals surface area contributed by atoms with E-state index in [2.05, 4.69) is 91.3 Å². The molecule has 8 rings (SSSR count). The largest absolute Gasteiger partial charge is 0.494 e. The number of nitrogens with one attached hydrogen (secondary N) is 3. The van der Waals surface area contributed by atoms with Crippen molar-refractivity contribution in [3.05, 3.63) is 204 Å². The molecule has 0 aliphatic rings. The Labute approximate surface area is 591 Å². The number of carboxylic acid groups (broad SMARTS) is 1. The van der Waals surface area contributed by atoms with Crippen molar-refractivity contribution in [2.45, 2.75) is 201 Å². The van der Waals surface area contributed by atoms with Gasteiger partial charge in [-0.3, -0.25) is 19.2 Å². The first-order valence-corrected chi connectivity index (χ1v) is 35.0. The van der Waals surface area contributed by atoms with Gasteiger partial charge in [0.15, 0.2) is 11.6 Å². The van der Waals surface area contributed by atoms with Gasteiger partial charge in [0.25, 0.3) is 11.8 Å². The number of amides is 3. The van der Waals surface area contributed by atoms with Crippen molar-refractivity contribution in [3.8, 4) is 56.5 Å². The van der Waals surface area contributed by atoms with Gasteiger partial charge in [0.1, 0.15) is 41.0 Å². The smallest absolute Gasteiger partial charge is 0.329 e. The molecule has 3 amide bonds. The van der Waals surface area contributed by atoms with Crippen molar-refractivity contribution < 1.29 is 48.1 Å². The average molecular weight is 1360 g/mol. The lowest BCUT2D eigenvalue weighted by Crippen LogP contribution is -2.53. The van der Waals surface area contributed by atoms with Gasteiger partial charge in [-0.05, 0) is 133 Å². The van der Waals surface area contributed by atoms with E-state index >= 15 is 0 Å². The number of benzene rings is 6. The van der Waals surface area contributed by atoms with Crippen LogP contribution < -0.4 is 25.4 Å². The summed E-state index contributed by atoms with van der Waals surface area (Å²) in [6, 6.07) is 41.9. The molecule has 0 unspecified atom stereocenters. The SMILES string of the molecule is CCCCCCCOc1ccc(-c2cnc(-c3ccc(C[C@H](NC(=O)c4ccc(C(C)(C)C)cc4)C(=O)N[C@@H](CC(C)=O)C(=O)OC(C)(C)C)cc3)nc2)cc1.CCCCCCCOc1ccc(-c2cnc(-c3ccc(C[C@H](NC(=O)c4ccc(C(C)(C)C)cc4)C(=O)O)cc3)nc2)cc1. The first kappa shape index (κ1) is 77.5. The third-order valence-corrected chi connectivity index (χ3v) is 16.8. The summed E-state index contributed by atoms with van der Waals surface area (Å²) < 4.78 is 17.3. The van der Waals surface area contributed by atoms with E-state index in [4.69, 9.17) is 14.2 Å². The Morgan fingerprint density at radius 1 is 0.420 bits per heavy atom. The molecule has 528 valence electrons. The maximum Gasteiger partial charge on any atom is 0.329 e. The Balaban J connectivity index is 0.000000289. The highest BCUT2D eigenvalue weighted by Gasteiger charge is 2.32. The van der Waals surface area contributed by atoms with E-state index in [0.717, 1.165) is 86.6 Å². The van der Waals surface area contributed by atoms with Crippen LogP contribution >= 0.6 is 0 Å². The first-order chi connectivity index (χ1) is 47.7. The highest BCUT2D eigenvalue weighted by Crippen LogP contribution is 2.28. The molecule has 4 N–H and O–H groups in total. The lowest BCUT2D eigenvalue weighted by atomic mass is 9.86. The molecule has 3 atom stereocenters. The van der Waals surface area contributed by atoms with Crippen LogP contribution in [0.25, 0.3) is 45.0 Å². The van der Waals surface area contributed by atoms with Gasteiger partial charge in [0.05, 0.1) is 13.2 Å². The highest BCUT2D eigenvalue weighted by molar-refractivity contribution is 5.99. The third kappa shape index (κ3) is 25.1. The van der Waals surface area contributed by atoms with E-state index < -0.39 is 53.4 Å². The molecule has 8 aromatic rings. The van der Waals surface area contributed by atoms with Crippen molar-refractivity contribution in [3.63, 3.8) is 0 Å². The van der Waals surface area contributed by atoms with Crippen LogP contribution in [-0.2, 0) is 47.6 Å². The van der Waals surface area contributed by atoms with Gasteiger partial charge in [-0.2, -0.15) is 0 Å². The average Bonchev–Trinajstić information content (AvgIpc) is 0.847. The molecule has 0 saturated heterocycles. The molecule has 17 heteroatoms. The Morgan fingerprint density at radius 3 is 1.13 bits per heavy atom. The number of hydrogen-bond donors (Lipinski definition) is 4. The van der Waals surface area contributed by atoms with Crippen LogP contribution in [0.2, 0.25) is 0 Å². The molecule has 0 bridgehead atoms. The van der Waals surface area contributed by atoms with Gasteiger partial charge in [-0.25, -0.2) is 29.5 Å². The van der Waals surface area contributed by atoms with Crippen LogP contribution in [0.4, 0.5) is 0 Å². The number of nitrogens with zero attached hydrogens (tertiary/aromatic N) is 4. The fourth-order valence-electron chi connectivity index (χ4n) is 10.8. The molecule has 2 heterocycles. The third-order valence-electron chi connectivity index (χ3n) is 16.8. The van der Waals surface area contributed by atoms with E-state index in [-0.39, 0.29) is 35.9 Å². The van der Waals surface area contributed by atoms with E-state index in [1.807, 2.05) is 121 Å². The maximum absolute atomic E-state index is 13.8. The molecule has 0 spiro atoms. The molecular formula is C83H101N7O10. The molecule has 0 fully saturated rings. The molecular weight excluding hydrogens is 1250 g/mol. The summed E-state index contributed by atoms with van der Waals surface area (Å²) in [5, 5.41) is 18.0. The Bertz CT molecular complexity index is 3900. The van der Waals surface area contributed by atoms with E-state index in [1.165, 1.54) is 58.3 Å². The lowest BCUT2D eigenvalue weighted by molar-refractivity contribution is -0.159. The molecule has 2 aromatic heterocycles. The normalized spacial score (nSPS) is 12.4. The quantitative estimate of drug-likeness (QED) is 0.0227. The number of ketones is 1. The van der Waals surface area contributed by atoms with Gasteiger partial charge in [-0.1, -0.05) is 204 Å². The lowest BCUT2D eigenvalue weighted by Gasteiger charge is -2.26. The first-order valence-electron chi connectivity index (χ1n) is 35.0. The van der Waals surface area contributed by atoms with E-state index in [0.29, 0.717) is 29.4 Å². The number of carboxylic acids is 1. The predicted octanol–water partition coefficient (Wildman–Crippen LogP) is 16.5. The van der Waals surface area contributed by atoms with Crippen LogP contribution in [0.5, 0.6) is 11.5 Å². The topological polar surface area (TPSA) is 238 Å². The number of rotatable bonds is 32. The summed E-state index contributed by atoms with van der Waals surface area (Å²) in [6.07, 6.45) is 19.2. The number of Topliss-reactive ketones (excluding diaryl/α,β-unsaturated/α-hetero) is 1. The predicted molar refractivity (Wildman–Crippen MR) is 395 cm³/mol. The second-order valence-corrected chi connectivity index (χ2v) is 28.5. The zero-order valence-electron chi connectivity index (χ0n) is 60.4. The summed E-state index contributed by atoms with van der Waals surface area (Å²) in [4.78, 5) is 95.5. The summed E-state index contributed by atoms with van der Waals surface area (Å²) >= 11 is 0. The van der Waals surface area contributed by atoms with Crippen molar-refractivity contribution in [2.75, 3.05) is 13.2 Å². The summed E-state index contributed by atoms with van der Waals surface area (Å²) in [7, 11) is 0. The molecule has 6 aromatic carbocycles. The number of aliphatic carboxylic acids is 1. The molecule has 17 nitrogen and oxygen atoms in total. The van der Waals surface area contributed by atoms with Crippen LogP contribution in [0.3, 0.4) is 0 Å². The summed E-state index contributed by atoms with van der Waals surface area (Å²) in [6.45, 7) is 24.9. The van der Waals surface area contributed by atoms with Gasteiger partial charge in [-0.15, -0.1) is 0 Å². The molecule has 0 saturated carbocycles. The number of esters is 1.